The lowest BCUT2D eigenvalue weighted by Gasteiger charge is -2.28. The lowest BCUT2D eigenvalue weighted by atomic mass is 10.1. The standard InChI is InChI=1S/C26H32ClN3O3/c1-19-8-10-21(11-9-19)17-29(13-12-22-16-28-24-7-5-4-6-23(22)24)25(31)18-30(14-15-33-3)26(32)20(2)27/h4-11,16,20,28H,12-15,17-18H2,1-3H3. The Balaban J connectivity index is 1.77. The van der Waals surface area contributed by atoms with Gasteiger partial charge in [0.1, 0.15) is 5.38 Å². The molecule has 1 N–H and O–H groups in total. The first-order chi connectivity index (χ1) is 15.9. The van der Waals surface area contributed by atoms with Crippen LogP contribution in [0.25, 0.3) is 10.9 Å². The van der Waals surface area contributed by atoms with E-state index in [-0.39, 0.29) is 18.4 Å². The van der Waals surface area contributed by atoms with Crippen LogP contribution in [-0.2, 0) is 27.3 Å². The number of methoxy groups -OCH3 is 1. The summed E-state index contributed by atoms with van der Waals surface area (Å²) in [6.07, 6.45) is 2.71. The van der Waals surface area contributed by atoms with E-state index in [1.54, 1.807) is 14.0 Å². The van der Waals surface area contributed by atoms with Crippen molar-refractivity contribution >= 4 is 34.3 Å². The number of rotatable bonds is 11. The number of carbonyl (C=O) groups excluding carboxylic acids is 2. The summed E-state index contributed by atoms with van der Waals surface area (Å²) in [6, 6.07) is 16.3. The van der Waals surface area contributed by atoms with E-state index in [0.717, 1.165) is 22.0 Å². The number of halogens is 1. The average molecular weight is 470 g/mol. The molecule has 176 valence electrons. The molecule has 3 rings (SSSR count). The number of aryl methyl sites for hydroxylation is 1. The van der Waals surface area contributed by atoms with Crippen LogP contribution in [0.4, 0.5) is 0 Å². The Morgan fingerprint density at radius 2 is 1.79 bits per heavy atom. The van der Waals surface area contributed by atoms with Crippen molar-refractivity contribution in [1.82, 2.24) is 14.8 Å². The molecule has 0 saturated heterocycles. The number of alkyl halides is 1. The monoisotopic (exact) mass is 469 g/mol. The van der Waals surface area contributed by atoms with Crippen LogP contribution in [0.1, 0.15) is 23.6 Å². The average Bonchev–Trinajstić information content (AvgIpc) is 3.23. The third kappa shape index (κ3) is 6.83. The first-order valence-electron chi connectivity index (χ1n) is 11.2. The number of aromatic nitrogens is 1. The summed E-state index contributed by atoms with van der Waals surface area (Å²) < 4.78 is 5.12. The fraction of sp³-hybridized carbons (Fsp3) is 0.385. The lowest BCUT2D eigenvalue weighted by molar-refractivity contribution is -0.141. The number of amides is 2. The molecule has 1 unspecified atom stereocenters. The minimum Gasteiger partial charge on any atom is -0.383 e. The van der Waals surface area contributed by atoms with Crippen molar-refractivity contribution < 1.29 is 14.3 Å². The van der Waals surface area contributed by atoms with Crippen LogP contribution in [0.2, 0.25) is 0 Å². The number of para-hydroxylation sites is 1. The summed E-state index contributed by atoms with van der Waals surface area (Å²) >= 11 is 6.03. The number of hydrogen-bond donors (Lipinski definition) is 1. The van der Waals surface area contributed by atoms with Gasteiger partial charge in [-0.3, -0.25) is 9.59 Å². The molecular weight excluding hydrogens is 438 g/mol. The highest BCUT2D eigenvalue weighted by atomic mass is 35.5. The number of aromatic amines is 1. The summed E-state index contributed by atoms with van der Waals surface area (Å²) in [6.45, 7) is 5.31. The van der Waals surface area contributed by atoms with Crippen molar-refractivity contribution in [3.8, 4) is 0 Å². The lowest BCUT2D eigenvalue weighted by Crippen LogP contribution is -2.46. The van der Waals surface area contributed by atoms with Gasteiger partial charge in [0.15, 0.2) is 0 Å². The smallest absolute Gasteiger partial charge is 0.242 e. The molecule has 0 aliphatic heterocycles. The van der Waals surface area contributed by atoms with Crippen molar-refractivity contribution in [3.63, 3.8) is 0 Å². The number of carbonyl (C=O) groups is 2. The molecule has 0 radical (unpaired) electrons. The Morgan fingerprint density at radius 3 is 2.48 bits per heavy atom. The zero-order valence-corrected chi connectivity index (χ0v) is 20.3. The Bertz CT molecular complexity index is 1060. The number of nitrogens with zero attached hydrogens (tertiary/aromatic N) is 2. The van der Waals surface area contributed by atoms with Crippen LogP contribution in [0, 0.1) is 6.92 Å². The van der Waals surface area contributed by atoms with Gasteiger partial charge in [-0.1, -0.05) is 48.0 Å². The second-order valence-electron chi connectivity index (χ2n) is 8.28. The van der Waals surface area contributed by atoms with Crippen LogP contribution in [0.15, 0.2) is 54.7 Å². The quantitative estimate of drug-likeness (QED) is 0.429. The maximum atomic E-state index is 13.4. The second kappa shape index (κ2) is 11.9. The molecule has 1 atom stereocenters. The van der Waals surface area contributed by atoms with E-state index < -0.39 is 5.38 Å². The van der Waals surface area contributed by atoms with Crippen molar-refractivity contribution in [2.45, 2.75) is 32.2 Å². The molecule has 1 aromatic heterocycles. The Morgan fingerprint density at radius 1 is 1.06 bits per heavy atom. The molecule has 2 amide bonds. The molecule has 0 spiro atoms. The van der Waals surface area contributed by atoms with Crippen molar-refractivity contribution in [3.05, 3.63) is 71.4 Å². The normalized spacial score (nSPS) is 12.0. The molecular formula is C26H32ClN3O3. The Kier molecular flexibility index (Phi) is 8.92. The van der Waals surface area contributed by atoms with E-state index in [1.807, 2.05) is 60.5 Å². The molecule has 3 aromatic rings. The van der Waals surface area contributed by atoms with Crippen molar-refractivity contribution in [1.29, 1.82) is 0 Å². The molecule has 6 nitrogen and oxygen atoms in total. The van der Waals surface area contributed by atoms with Gasteiger partial charge in [-0.15, -0.1) is 11.6 Å². The topological polar surface area (TPSA) is 65.6 Å². The zero-order valence-electron chi connectivity index (χ0n) is 19.5. The van der Waals surface area contributed by atoms with Gasteiger partial charge in [0, 0.05) is 43.8 Å². The van der Waals surface area contributed by atoms with Gasteiger partial charge in [-0.05, 0) is 37.5 Å². The molecule has 0 saturated carbocycles. The van der Waals surface area contributed by atoms with E-state index in [9.17, 15) is 9.59 Å². The van der Waals surface area contributed by atoms with Crippen LogP contribution in [0.3, 0.4) is 0 Å². The van der Waals surface area contributed by atoms with Crippen molar-refractivity contribution in [2.24, 2.45) is 0 Å². The first kappa shape index (κ1) is 24.8. The molecule has 0 aliphatic rings. The van der Waals surface area contributed by atoms with Gasteiger partial charge < -0.3 is 19.5 Å². The second-order valence-corrected chi connectivity index (χ2v) is 8.93. The number of nitrogens with one attached hydrogen (secondary N) is 1. The van der Waals surface area contributed by atoms with E-state index in [0.29, 0.717) is 32.7 Å². The summed E-state index contributed by atoms with van der Waals surface area (Å²) in [5.41, 5.74) is 4.46. The molecule has 2 aromatic carbocycles. The predicted molar refractivity (Wildman–Crippen MR) is 132 cm³/mol. The summed E-state index contributed by atoms with van der Waals surface area (Å²) in [5, 5.41) is 0.458. The minimum absolute atomic E-state index is 0.0288. The van der Waals surface area contributed by atoms with E-state index in [1.165, 1.54) is 10.5 Å². The van der Waals surface area contributed by atoms with E-state index in [4.69, 9.17) is 16.3 Å². The fourth-order valence-corrected chi connectivity index (χ4v) is 3.92. The summed E-state index contributed by atoms with van der Waals surface area (Å²) in [5.74, 6) is -0.383. The van der Waals surface area contributed by atoms with Crippen LogP contribution in [-0.4, -0.2) is 65.3 Å². The Labute approximate surface area is 200 Å². The van der Waals surface area contributed by atoms with E-state index >= 15 is 0 Å². The van der Waals surface area contributed by atoms with Crippen LogP contribution >= 0.6 is 11.6 Å². The van der Waals surface area contributed by atoms with E-state index in [2.05, 4.69) is 11.1 Å². The number of hydrogen-bond acceptors (Lipinski definition) is 3. The van der Waals surface area contributed by atoms with Gasteiger partial charge in [0.25, 0.3) is 0 Å². The van der Waals surface area contributed by atoms with Gasteiger partial charge >= 0.3 is 0 Å². The molecule has 7 heteroatoms. The largest absolute Gasteiger partial charge is 0.383 e. The highest BCUT2D eigenvalue weighted by Gasteiger charge is 2.24. The molecule has 1 heterocycles. The van der Waals surface area contributed by atoms with Crippen LogP contribution in [0.5, 0.6) is 0 Å². The predicted octanol–water partition coefficient (Wildman–Crippen LogP) is 4.15. The highest BCUT2D eigenvalue weighted by Crippen LogP contribution is 2.19. The van der Waals surface area contributed by atoms with Gasteiger partial charge in [0.2, 0.25) is 11.8 Å². The Hall–Kier alpha value is -2.83. The SMILES string of the molecule is COCCN(CC(=O)N(CCc1c[nH]c2ccccc12)Cc1ccc(C)cc1)C(=O)C(C)Cl. The number of benzene rings is 2. The van der Waals surface area contributed by atoms with Crippen LogP contribution < -0.4 is 0 Å². The zero-order chi connectivity index (χ0) is 23.8. The fourth-order valence-electron chi connectivity index (χ4n) is 3.78. The summed E-state index contributed by atoms with van der Waals surface area (Å²) in [7, 11) is 1.57. The van der Waals surface area contributed by atoms with Gasteiger partial charge in [-0.25, -0.2) is 0 Å². The highest BCUT2D eigenvalue weighted by molar-refractivity contribution is 6.30. The molecule has 33 heavy (non-hydrogen) atoms. The number of fused-ring (bicyclic) bond motifs is 1. The molecule has 0 fully saturated rings. The van der Waals surface area contributed by atoms with Gasteiger partial charge in [0.05, 0.1) is 13.2 Å². The third-order valence-corrected chi connectivity index (χ3v) is 5.90. The molecule has 0 aliphatic carbocycles. The maximum Gasteiger partial charge on any atom is 0.242 e. The third-order valence-electron chi connectivity index (χ3n) is 5.72. The number of H-pyrrole nitrogens is 1. The maximum absolute atomic E-state index is 13.4. The van der Waals surface area contributed by atoms with Gasteiger partial charge in [-0.2, -0.15) is 0 Å². The van der Waals surface area contributed by atoms with Crippen molar-refractivity contribution in [2.75, 3.05) is 33.4 Å². The summed E-state index contributed by atoms with van der Waals surface area (Å²) in [4.78, 5) is 32.5. The first-order valence-corrected chi connectivity index (χ1v) is 11.6. The minimum atomic E-state index is -0.702. The molecule has 0 bridgehead atoms. The number of ether oxygens (including phenoxy) is 1.